The average Bonchev–Trinajstić information content (AvgIpc) is 2.81. The number of para-hydroxylation sites is 1. The second-order valence-corrected chi connectivity index (χ2v) is 7.58. The Hall–Kier alpha value is -3.51. The molecule has 1 aromatic heterocycles. The van der Waals surface area contributed by atoms with E-state index in [1.165, 1.54) is 4.57 Å². The van der Waals surface area contributed by atoms with Crippen molar-refractivity contribution in [3.05, 3.63) is 88.5 Å². The molecular formula is C25H25N3O3. The Morgan fingerprint density at radius 2 is 1.77 bits per heavy atom. The number of fused-ring (bicyclic) bond motifs is 2. The molecule has 0 aliphatic heterocycles. The summed E-state index contributed by atoms with van der Waals surface area (Å²) in [6.07, 6.45) is 0. The summed E-state index contributed by atoms with van der Waals surface area (Å²) >= 11 is 0. The van der Waals surface area contributed by atoms with E-state index < -0.39 is 6.04 Å². The predicted octanol–water partition coefficient (Wildman–Crippen LogP) is 3.94. The first-order chi connectivity index (χ1) is 15.0. The van der Waals surface area contributed by atoms with Crippen molar-refractivity contribution in [2.45, 2.75) is 13.0 Å². The first-order valence-electron chi connectivity index (χ1n) is 10.3. The number of carbonyl (C=O) groups excluding carboxylic acids is 1. The largest absolute Gasteiger partial charge is 0.383 e. The van der Waals surface area contributed by atoms with Crippen LogP contribution < -0.4 is 5.56 Å². The number of carbonyl (C=O) groups is 1. The van der Waals surface area contributed by atoms with Gasteiger partial charge in [0.05, 0.1) is 23.6 Å². The normalized spacial score (nSPS) is 12.2. The summed E-state index contributed by atoms with van der Waals surface area (Å²) in [4.78, 5) is 32.8. The van der Waals surface area contributed by atoms with E-state index in [9.17, 15) is 9.59 Å². The third-order valence-corrected chi connectivity index (χ3v) is 5.65. The molecule has 4 rings (SSSR count). The number of hydrogen-bond donors (Lipinski definition) is 0. The van der Waals surface area contributed by atoms with Gasteiger partial charge in [0.1, 0.15) is 5.82 Å². The molecule has 0 aliphatic carbocycles. The SMILES string of the molecule is COCCN(C(=O)c1ccc2ccccc2c1)C(C)c1nc2ccccc2c(=O)n1C. The fourth-order valence-corrected chi connectivity index (χ4v) is 3.90. The average molecular weight is 415 g/mol. The second kappa shape index (κ2) is 8.70. The van der Waals surface area contributed by atoms with Gasteiger partial charge < -0.3 is 9.64 Å². The molecule has 0 fully saturated rings. The zero-order chi connectivity index (χ0) is 22.0. The molecule has 0 spiro atoms. The molecule has 1 atom stereocenters. The quantitative estimate of drug-likeness (QED) is 0.479. The number of hydrogen-bond acceptors (Lipinski definition) is 4. The highest BCUT2D eigenvalue weighted by Crippen LogP contribution is 2.23. The Morgan fingerprint density at radius 3 is 2.55 bits per heavy atom. The lowest BCUT2D eigenvalue weighted by atomic mass is 10.1. The van der Waals surface area contributed by atoms with Gasteiger partial charge in [0.25, 0.3) is 11.5 Å². The Morgan fingerprint density at radius 1 is 1.06 bits per heavy atom. The lowest BCUT2D eigenvalue weighted by Gasteiger charge is -2.30. The van der Waals surface area contributed by atoms with Gasteiger partial charge in [-0.3, -0.25) is 14.2 Å². The van der Waals surface area contributed by atoms with Gasteiger partial charge in [-0.2, -0.15) is 0 Å². The molecule has 0 bridgehead atoms. The number of aromatic nitrogens is 2. The van der Waals surface area contributed by atoms with Crippen LogP contribution in [-0.4, -0.2) is 40.6 Å². The minimum atomic E-state index is -0.420. The predicted molar refractivity (Wildman–Crippen MR) is 122 cm³/mol. The monoisotopic (exact) mass is 415 g/mol. The van der Waals surface area contributed by atoms with Crippen molar-refractivity contribution in [3.63, 3.8) is 0 Å². The zero-order valence-electron chi connectivity index (χ0n) is 17.9. The van der Waals surface area contributed by atoms with Gasteiger partial charge in [-0.25, -0.2) is 4.98 Å². The molecule has 0 saturated heterocycles. The molecule has 1 amide bonds. The molecular weight excluding hydrogens is 390 g/mol. The van der Waals surface area contributed by atoms with Crippen LogP contribution in [0.2, 0.25) is 0 Å². The number of ether oxygens (including phenoxy) is 1. The molecule has 0 saturated carbocycles. The fraction of sp³-hybridized carbons (Fsp3) is 0.240. The maximum Gasteiger partial charge on any atom is 0.261 e. The van der Waals surface area contributed by atoms with Crippen LogP contribution in [-0.2, 0) is 11.8 Å². The zero-order valence-corrected chi connectivity index (χ0v) is 17.9. The van der Waals surface area contributed by atoms with Gasteiger partial charge in [0.2, 0.25) is 0 Å². The molecule has 0 radical (unpaired) electrons. The van der Waals surface area contributed by atoms with E-state index in [2.05, 4.69) is 0 Å². The molecule has 6 heteroatoms. The number of methoxy groups -OCH3 is 1. The van der Waals surface area contributed by atoms with E-state index in [0.29, 0.717) is 35.4 Å². The van der Waals surface area contributed by atoms with Crippen LogP contribution in [0.15, 0.2) is 71.5 Å². The second-order valence-electron chi connectivity index (χ2n) is 7.58. The first kappa shape index (κ1) is 20.8. The highest BCUT2D eigenvalue weighted by Gasteiger charge is 2.26. The maximum absolute atomic E-state index is 13.5. The van der Waals surface area contributed by atoms with Crippen molar-refractivity contribution in [1.29, 1.82) is 0 Å². The molecule has 158 valence electrons. The minimum Gasteiger partial charge on any atom is -0.383 e. The highest BCUT2D eigenvalue weighted by molar-refractivity contribution is 5.98. The minimum absolute atomic E-state index is 0.127. The molecule has 1 unspecified atom stereocenters. The molecule has 6 nitrogen and oxygen atoms in total. The van der Waals surface area contributed by atoms with Gasteiger partial charge in [-0.1, -0.05) is 42.5 Å². The molecule has 0 N–H and O–H groups in total. The lowest BCUT2D eigenvalue weighted by Crippen LogP contribution is -2.39. The summed E-state index contributed by atoms with van der Waals surface area (Å²) in [7, 11) is 3.30. The van der Waals surface area contributed by atoms with E-state index in [1.54, 1.807) is 25.1 Å². The van der Waals surface area contributed by atoms with Crippen molar-refractivity contribution in [2.24, 2.45) is 7.05 Å². The van der Waals surface area contributed by atoms with Gasteiger partial charge in [-0.15, -0.1) is 0 Å². The van der Waals surface area contributed by atoms with Crippen LogP contribution in [0.25, 0.3) is 21.7 Å². The molecule has 3 aromatic carbocycles. The molecule has 31 heavy (non-hydrogen) atoms. The van der Waals surface area contributed by atoms with Crippen molar-refractivity contribution < 1.29 is 9.53 Å². The fourth-order valence-electron chi connectivity index (χ4n) is 3.90. The third-order valence-electron chi connectivity index (χ3n) is 5.65. The molecule has 1 heterocycles. The number of rotatable bonds is 6. The van der Waals surface area contributed by atoms with E-state index in [4.69, 9.17) is 9.72 Å². The Bertz CT molecular complexity index is 1310. The van der Waals surface area contributed by atoms with Crippen LogP contribution in [0.1, 0.15) is 29.1 Å². The van der Waals surface area contributed by atoms with Crippen molar-refractivity contribution in [1.82, 2.24) is 14.5 Å². The number of nitrogens with zero attached hydrogens (tertiary/aromatic N) is 3. The van der Waals surface area contributed by atoms with Crippen LogP contribution in [0.3, 0.4) is 0 Å². The summed E-state index contributed by atoms with van der Waals surface area (Å²) < 4.78 is 6.78. The van der Waals surface area contributed by atoms with E-state index in [1.807, 2.05) is 67.6 Å². The summed E-state index contributed by atoms with van der Waals surface area (Å²) in [6.45, 7) is 2.66. The van der Waals surface area contributed by atoms with Gasteiger partial charge in [0.15, 0.2) is 0 Å². The van der Waals surface area contributed by atoms with Crippen LogP contribution in [0.4, 0.5) is 0 Å². The van der Waals surface area contributed by atoms with Gasteiger partial charge in [0, 0.05) is 26.3 Å². The van der Waals surface area contributed by atoms with Crippen molar-refractivity contribution in [2.75, 3.05) is 20.3 Å². The first-order valence-corrected chi connectivity index (χ1v) is 10.3. The number of benzene rings is 3. The number of amides is 1. The van der Waals surface area contributed by atoms with Crippen LogP contribution >= 0.6 is 0 Å². The van der Waals surface area contributed by atoms with Crippen LogP contribution in [0, 0.1) is 0 Å². The molecule has 4 aromatic rings. The van der Waals surface area contributed by atoms with Gasteiger partial charge >= 0.3 is 0 Å². The van der Waals surface area contributed by atoms with E-state index >= 15 is 0 Å². The topological polar surface area (TPSA) is 64.4 Å². The lowest BCUT2D eigenvalue weighted by molar-refractivity contribution is 0.0604. The standard InChI is InChI=1S/C25H25N3O3/c1-17(23-26-22-11-7-6-10-21(22)25(30)27(23)2)28(14-15-31-3)24(29)20-13-12-18-8-4-5-9-19(18)16-20/h4-13,16-17H,14-15H2,1-3H3. The van der Waals surface area contributed by atoms with Gasteiger partial charge in [-0.05, 0) is 42.0 Å². The Balaban J connectivity index is 1.76. The Labute approximate surface area is 180 Å². The third kappa shape index (κ3) is 3.94. The Kier molecular flexibility index (Phi) is 5.82. The summed E-state index contributed by atoms with van der Waals surface area (Å²) in [5, 5.41) is 2.64. The van der Waals surface area contributed by atoms with E-state index in [-0.39, 0.29) is 11.5 Å². The summed E-state index contributed by atoms with van der Waals surface area (Å²) in [5.41, 5.74) is 1.09. The van der Waals surface area contributed by atoms with Crippen LogP contribution in [0.5, 0.6) is 0 Å². The molecule has 0 aliphatic rings. The van der Waals surface area contributed by atoms with Crippen molar-refractivity contribution >= 4 is 27.6 Å². The smallest absolute Gasteiger partial charge is 0.261 e. The highest BCUT2D eigenvalue weighted by atomic mass is 16.5. The van der Waals surface area contributed by atoms with Crippen molar-refractivity contribution in [3.8, 4) is 0 Å². The maximum atomic E-state index is 13.5. The van der Waals surface area contributed by atoms with E-state index in [0.717, 1.165) is 10.8 Å². The summed E-state index contributed by atoms with van der Waals surface area (Å²) in [5.74, 6) is 0.409. The summed E-state index contributed by atoms with van der Waals surface area (Å²) in [6, 6.07) is 20.5.